The highest BCUT2D eigenvalue weighted by atomic mass is 15.2. The Balaban J connectivity index is 1.74. The van der Waals surface area contributed by atoms with Crippen molar-refractivity contribution in [2.45, 2.75) is 0 Å². The van der Waals surface area contributed by atoms with Crippen molar-refractivity contribution >= 4 is 0 Å². The van der Waals surface area contributed by atoms with Gasteiger partial charge in [0.05, 0.1) is 0 Å². The third-order valence-corrected chi connectivity index (χ3v) is 1.95. The molecule has 0 bridgehead atoms. The van der Waals surface area contributed by atoms with E-state index in [0.717, 1.165) is 19.6 Å². The van der Waals surface area contributed by atoms with Crippen LogP contribution in [0.15, 0.2) is 11.9 Å². The fraction of sp³-hybridized carbons (Fsp3) is 0.714. The lowest BCUT2D eigenvalue weighted by Gasteiger charge is -2.25. The molecule has 2 rings (SSSR count). The summed E-state index contributed by atoms with van der Waals surface area (Å²) in [5, 5.41) is 6.44. The lowest BCUT2D eigenvalue weighted by Crippen LogP contribution is -2.43. The van der Waals surface area contributed by atoms with Crippen molar-refractivity contribution < 1.29 is 0 Å². The van der Waals surface area contributed by atoms with Crippen LogP contribution in [-0.4, -0.2) is 37.6 Å². The Labute approximate surface area is 61.1 Å². The molecular formula is C7H13N3. The molecule has 2 aliphatic rings. The van der Waals surface area contributed by atoms with E-state index in [9.17, 15) is 0 Å². The maximum Gasteiger partial charge on any atom is 0.0452 e. The molecule has 3 heteroatoms. The monoisotopic (exact) mass is 139 g/mol. The van der Waals surface area contributed by atoms with Gasteiger partial charge < -0.3 is 10.6 Å². The second-order valence-corrected chi connectivity index (χ2v) is 2.84. The van der Waals surface area contributed by atoms with E-state index in [1.165, 1.54) is 18.8 Å². The van der Waals surface area contributed by atoms with Gasteiger partial charge in [0.15, 0.2) is 0 Å². The van der Waals surface area contributed by atoms with Gasteiger partial charge in [-0.1, -0.05) is 0 Å². The van der Waals surface area contributed by atoms with Gasteiger partial charge >= 0.3 is 0 Å². The van der Waals surface area contributed by atoms with Crippen LogP contribution in [0.5, 0.6) is 0 Å². The molecule has 0 amide bonds. The first-order chi connectivity index (χ1) is 4.95. The quantitative estimate of drug-likeness (QED) is 0.533. The van der Waals surface area contributed by atoms with Crippen LogP contribution in [-0.2, 0) is 0 Å². The molecule has 0 radical (unpaired) electrons. The molecule has 0 saturated carbocycles. The standard InChI is InChI=1S/C7H13N3/c1-3-10(4-2-8-1)6-7-5-9-7/h5,8-9H,1-4,6H2. The summed E-state index contributed by atoms with van der Waals surface area (Å²) in [6, 6.07) is 0. The zero-order valence-electron chi connectivity index (χ0n) is 6.06. The van der Waals surface area contributed by atoms with E-state index in [1.807, 2.05) is 0 Å². The van der Waals surface area contributed by atoms with Crippen LogP contribution in [0.2, 0.25) is 0 Å². The minimum atomic E-state index is 1.13. The summed E-state index contributed by atoms with van der Waals surface area (Å²) in [7, 11) is 0. The van der Waals surface area contributed by atoms with Crippen molar-refractivity contribution in [2.24, 2.45) is 0 Å². The average Bonchev–Trinajstić information content (AvgIpc) is 2.74. The van der Waals surface area contributed by atoms with E-state index >= 15 is 0 Å². The Hall–Kier alpha value is -0.540. The van der Waals surface area contributed by atoms with E-state index in [2.05, 4.69) is 21.7 Å². The number of nitrogens with one attached hydrogen (secondary N) is 2. The van der Waals surface area contributed by atoms with Crippen LogP contribution in [0.3, 0.4) is 0 Å². The van der Waals surface area contributed by atoms with Crippen LogP contribution >= 0.6 is 0 Å². The zero-order chi connectivity index (χ0) is 6.81. The molecule has 0 unspecified atom stereocenters. The Morgan fingerprint density at radius 3 is 2.70 bits per heavy atom. The normalized spacial score (nSPS) is 25.4. The second kappa shape index (κ2) is 2.60. The van der Waals surface area contributed by atoms with Crippen molar-refractivity contribution in [3.8, 4) is 0 Å². The molecule has 0 spiro atoms. The summed E-state index contributed by atoms with van der Waals surface area (Å²) in [4.78, 5) is 2.46. The third-order valence-electron chi connectivity index (χ3n) is 1.95. The maximum absolute atomic E-state index is 3.33. The first kappa shape index (κ1) is 6.19. The van der Waals surface area contributed by atoms with E-state index in [0.29, 0.717) is 0 Å². The number of piperazine rings is 1. The summed E-state index contributed by atoms with van der Waals surface area (Å²) in [5.74, 6) is 0. The molecule has 0 aliphatic carbocycles. The minimum absolute atomic E-state index is 1.13. The summed E-state index contributed by atoms with van der Waals surface area (Å²) in [6.07, 6.45) is 2.07. The highest BCUT2D eigenvalue weighted by Gasteiger charge is 2.14. The van der Waals surface area contributed by atoms with Gasteiger partial charge in [0.25, 0.3) is 0 Å². The average molecular weight is 139 g/mol. The number of hydrogen-bond acceptors (Lipinski definition) is 3. The lowest BCUT2D eigenvalue weighted by atomic mass is 10.3. The van der Waals surface area contributed by atoms with Gasteiger partial charge in [-0.25, -0.2) is 0 Å². The van der Waals surface area contributed by atoms with Crippen LogP contribution < -0.4 is 10.6 Å². The molecule has 0 atom stereocenters. The zero-order valence-corrected chi connectivity index (χ0v) is 6.06. The largest absolute Gasteiger partial charge is 0.361 e. The number of hydrogen-bond donors (Lipinski definition) is 2. The summed E-state index contributed by atoms with van der Waals surface area (Å²) >= 11 is 0. The Bertz CT molecular complexity index is 147. The Kier molecular flexibility index (Phi) is 1.61. The molecule has 0 aromatic heterocycles. The predicted molar refractivity (Wildman–Crippen MR) is 40.5 cm³/mol. The van der Waals surface area contributed by atoms with Gasteiger partial charge in [-0.05, 0) is 0 Å². The van der Waals surface area contributed by atoms with Crippen molar-refractivity contribution in [3.63, 3.8) is 0 Å². The highest BCUT2D eigenvalue weighted by Crippen LogP contribution is 2.04. The Morgan fingerprint density at radius 2 is 2.10 bits per heavy atom. The molecule has 2 N–H and O–H groups in total. The van der Waals surface area contributed by atoms with Gasteiger partial charge in [0, 0.05) is 44.6 Å². The van der Waals surface area contributed by atoms with Crippen molar-refractivity contribution in [1.29, 1.82) is 0 Å². The van der Waals surface area contributed by atoms with E-state index in [-0.39, 0.29) is 0 Å². The van der Waals surface area contributed by atoms with Crippen molar-refractivity contribution in [3.05, 3.63) is 11.9 Å². The summed E-state index contributed by atoms with van der Waals surface area (Å²) in [6.45, 7) is 5.81. The van der Waals surface area contributed by atoms with Crippen molar-refractivity contribution in [2.75, 3.05) is 32.7 Å². The lowest BCUT2D eigenvalue weighted by molar-refractivity contribution is 0.260. The van der Waals surface area contributed by atoms with Crippen LogP contribution in [0, 0.1) is 0 Å². The van der Waals surface area contributed by atoms with Gasteiger partial charge in [-0.3, -0.25) is 4.90 Å². The van der Waals surface area contributed by atoms with E-state index < -0.39 is 0 Å². The summed E-state index contributed by atoms with van der Waals surface area (Å²) in [5.41, 5.74) is 1.39. The molecule has 1 saturated heterocycles. The highest BCUT2D eigenvalue weighted by molar-refractivity contribution is 5.17. The van der Waals surface area contributed by atoms with Crippen LogP contribution in [0.4, 0.5) is 0 Å². The van der Waals surface area contributed by atoms with Crippen molar-refractivity contribution in [1.82, 2.24) is 15.5 Å². The SMILES string of the molecule is C1=C(CN2CCNCC2)N1. The first-order valence-corrected chi connectivity index (χ1v) is 3.84. The fourth-order valence-electron chi connectivity index (χ4n) is 1.25. The molecule has 56 valence electrons. The predicted octanol–water partition coefficient (Wildman–Crippen LogP) is -0.664. The fourth-order valence-corrected chi connectivity index (χ4v) is 1.25. The molecule has 0 aromatic rings. The number of nitrogens with zero attached hydrogens (tertiary/aromatic N) is 1. The van der Waals surface area contributed by atoms with E-state index in [4.69, 9.17) is 0 Å². The number of rotatable bonds is 2. The van der Waals surface area contributed by atoms with Gasteiger partial charge in [0.2, 0.25) is 0 Å². The molecule has 2 aliphatic heterocycles. The smallest absolute Gasteiger partial charge is 0.0452 e. The van der Waals surface area contributed by atoms with Crippen LogP contribution in [0.25, 0.3) is 0 Å². The summed E-state index contributed by atoms with van der Waals surface area (Å²) < 4.78 is 0. The van der Waals surface area contributed by atoms with Gasteiger partial charge in [0.1, 0.15) is 0 Å². The van der Waals surface area contributed by atoms with E-state index in [1.54, 1.807) is 0 Å². The molecule has 0 aromatic carbocycles. The Morgan fingerprint density at radius 1 is 1.40 bits per heavy atom. The molecule has 3 nitrogen and oxygen atoms in total. The second-order valence-electron chi connectivity index (χ2n) is 2.84. The molecular weight excluding hydrogens is 126 g/mol. The van der Waals surface area contributed by atoms with Gasteiger partial charge in [-0.2, -0.15) is 0 Å². The third kappa shape index (κ3) is 1.49. The topological polar surface area (TPSA) is 37.2 Å². The van der Waals surface area contributed by atoms with Crippen LogP contribution in [0.1, 0.15) is 0 Å². The maximum atomic E-state index is 3.33. The van der Waals surface area contributed by atoms with Gasteiger partial charge in [-0.15, -0.1) is 0 Å². The minimum Gasteiger partial charge on any atom is -0.361 e. The first-order valence-electron chi connectivity index (χ1n) is 3.84. The molecule has 10 heavy (non-hydrogen) atoms. The molecule has 1 fully saturated rings. The molecule has 2 heterocycles.